The van der Waals surface area contributed by atoms with E-state index in [-0.39, 0.29) is 24.4 Å². The third kappa shape index (κ3) is 6.55. The topological polar surface area (TPSA) is 97.7 Å². The Hall–Kier alpha value is -3.51. The van der Waals surface area contributed by atoms with Crippen molar-refractivity contribution in [2.45, 2.75) is 13.5 Å². The van der Waals surface area contributed by atoms with E-state index in [0.717, 1.165) is 11.3 Å². The number of nitrogens with one attached hydrogen (secondary N) is 1. The van der Waals surface area contributed by atoms with Gasteiger partial charge in [0.1, 0.15) is 39.8 Å². The smallest absolute Gasteiger partial charge is 0.341 e. The lowest BCUT2D eigenvalue weighted by molar-refractivity contribution is -0.112. The fourth-order valence-corrected chi connectivity index (χ4v) is 4.13. The first-order valence-corrected chi connectivity index (χ1v) is 11.9. The summed E-state index contributed by atoms with van der Waals surface area (Å²) in [5.74, 6) is -0.237. The molecule has 180 valence electrons. The summed E-state index contributed by atoms with van der Waals surface area (Å²) in [5.41, 5.74) is 1.32. The van der Waals surface area contributed by atoms with Crippen LogP contribution in [0.3, 0.4) is 0 Å². The number of anilines is 1. The van der Waals surface area contributed by atoms with Gasteiger partial charge >= 0.3 is 5.97 Å². The number of rotatable bonds is 9. The SMILES string of the molecule is CCOC(=O)c1ccsc1NC(=O)/C(C#N)=C/c1ccc(OC)c(COc2cccc(Cl)c2Cl)c1. The van der Waals surface area contributed by atoms with Crippen molar-refractivity contribution < 1.29 is 23.8 Å². The molecule has 35 heavy (non-hydrogen) atoms. The number of carbonyl (C=O) groups is 2. The quantitative estimate of drug-likeness (QED) is 0.196. The maximum absolute atomic E-state index is 12.7. The number of thiophene rings is 1. The first-order chi connectivity index (χ1) is 16.9. The van der Waals surface area contributed by atoms with Gasteiger partial charge in [0.05, 0.1) is 24.3 Å². The van der Waals surface area contributed by atoms with Gasteiger partial charge < -0.3 is 19.5 Å². The van der Waals surface area contributed by atoms with Gasteiger partial charge in [0.15, 0.2) is 0 Å². The first kappa shape index (κ1) is 26.1. The number of esters is 1. The standard InChI is InChI=1S/C25H20Cl2N2O5S/c1-3-33-25(31)18-9-10-35-24(18)29-23(30)16(13-28)11-15-7-8-20(32-2)17(12-15)14-34-21-6-4-5-19(26)22(21)27/h4-12H,3,14H2,1-2H3,(H,29,30)/b16-11+. The zero-order valence-electron chi connectivity index (χ0n) is 18.8. The number of carbonyl (C=O) groups excluding carboxylic acids is 2. The Labute approximate surface area is 216 Å². The van der Waals surface area contributed by atoms with E-state index in [1.54, 1.807) is 54.8 Å². The number of hydrogen-bond donors (Lipinski definition) is 1. The molecule has 1 aromatic heterocycles. The van der Waals surface area contributed by atoms with E-state index in [1.807, 2.05) is 6.07 Å². The highest BCUT2D eigenvalue weighted by atomic mass is 35.5. The molecule has 0 radical (unpaired) electrons. The van der Waals surface area contributed by atoms with Crippen LogP contribution < -0.4 is 14.8 Å². The molecule has 1 amide bonds. The number of ether oxygens (including phenoxy) is 3. The predicted octanol–water partition coefficient (Wildman–Crippen LogP) is 6.36. The van der Waals surface area contributed by atoms with Crippen molar-refractivity contribution in [3.63, 3.8) is 0 Å². The highest BCUT2D eigenvalue weighted by Gasteiger charge is 2.18. The van der Waals surface area contributed by atoms with Crippen LogP contribution in [0.15, 0.2) is 53.4 Å². The minimum absolute atomic E-state index is 0.108. The van der Waals surface area contributed by atoms with Gasteiger partial charge in [-0.2, -0.15) is 5.26 Å². The Morgan fingerprint density at radius 3 is 2.69 bits per heavy atom. The predicted molar refractivity (Wildman–Crippen MR) is 136 cm³/mol. The second-order valence-electron chi connectivity index (χ2n) is 6.92. The maximum atomic E-state index is 12.7. The molecule has 0 spiro atoms. The lowest BCUT2D eigenvalue weighted by Crippen LogP contribution is -2.15. The summed E-state index contributed by atoms with van der Waals surface area (Å²) in [6.45, 7) is 2.01. The monoisotopic (exact) mass is 530 g/mol. The van der Waals surface area contributed by atoms with Crippen molar-refractivity contribution in [1.29, 1.82) is 5.26 Å². The molecule has 1 heterocycles. The summed E-state index contributed by atoms with van der Waals surface area (Å²) in [6.07, 6.45) is 1.43. The molecule has 0 aliphatic carbocycles. The Bertz CT molecular complexity index is 1310. The van der Waals surface area contributed by atoms with Crippen LogP contribution in [0.2, 0.25) is 10.0 Å². The second-order valence-corrected chi connectivity index (χ2v) is 8.62. The van der Waals surface area contributed by atoms with Crippen molar-refractivity contribution >= 4 is 57.5 Å². The molecule has 0 saturated carbocycles. The highest BCUT2D eigenvalue weighted by molar-refractivity contribution is 7.14. The lowest BCUT2D eigenvalue weighted by atomic mass is 10.1. The van der Waals surface area contributed by atoms with Gasteiger partial charge in [-0.3, -0.25) is 4.79 Å². The van der Waals surface area contributed by atoms with E-state index in [0.29, 0.717) is 37.7 Å². The molecule has 0 fully saturated rings. The average molecular weight is 531 g/mol. The van der Waals surface area contributed by atoms with E-state index in [2.05, 4.69) is 5.32 Å². The number of halogens is 2. The van der Waals surface area contributed by atoms with Gasteiger partial charge in [-0.1, -0.05) is 35.3 Å². The lowest BCUT2D eigenvalue weighted by Gasteiger charge is -2.13. The van der Waals surface area contributed by atoms with Crippen molar-refractivity contribution in [3.05, 3.63) is 80.2 Å². The third-order valence-electron chi connectivity index (χ3n) is 4.67. The number of methoxy groups -OCH3 is 1. The van der Waals surface area contributed by atoms with Gasteiger partial charge in [-0.15, -0.1) is 11.3 Å². The number of benzene rings is 2. The van der Waals surface area contributed by atoms with E-state index in [1.165, 1.54) is 13.2 Å². The van der Waals surface area contributed by atoms with Crippen molar-refractivity contribution in [3.8, 4) is 17.6 Å². The third-order valence-corrected chi connectivity index (χ3v) is 6.30. The van der Waals surface area contributed by atoms with Crippen LogP contribution in [0.5, 0.6) is 11.5 Å². The van der Waals surface area contributed by atoms with Crippen molar-refractivity contribution in [2.75, 3.05) is 19.0 Å². The average Bonchev–Trinajstić information content (AvgIpc) is 3.31. The van der Waals surface area contributed by atoms with Crippen LogP contribution in [-0.2, 0) is 16.1 Å². The molecule has 0 aliphatic heterocycles. The molecular weight excluding hydrogens is 511 g/mol. The molecule has 0 atom stereocenters. The van der Waals surface area contributed by atoms with Crippen LogP contribution in [0.4, 0.5) is 5.00 Å². The Balaban J connectivity index is 1.81. The van der Waals surface area contributed by atoms with Crippen LogP contribution in [0.25, 0.3) is 6.08 Å². The van der Waals surface area contributed by atoms with Gasteiger partial charge in [0.25, 0.3) is 5.91 Å². The summed E-state index contributed by atoms with van der Waals surface area (Å²) in [4.78, 5) is 24.8. The van der Waals surface area contributed by atoms with Crippen LogP contribution in [0.1, 0.15) is 28.4 Å². The summed E-state index contributed by atoms with van der Waals surface area (Å²) in [6, 6.07) is 13.7. The van der Waals surface area contributed by atoms with Crippen molar-refractivity contribution in [1.82, 2.24) is 0 Å². The van der Waals surface area contributed by atoms with E-state index < -0.39 is 11.9 Å². The minimum Gasteiger partial charge on any atom is -0.496 e. The second kappa shape index (κ2) is 12.3. The summed E-state index contributed by atoms with van der Waals surface area (Å²) in [5, 5.41) is 14.8. The van der Waals surface area contributed by atoms with Crippen LogP contribution in [0, 0.1) is 11.3 Å². The first-order valence-electron chi connectivity index (χ1n) is 10.3. The van der Waals surface area contributed by atoms with Crippen LogP contribution in [-0.4, -0.2) is 25.6 Å². The van der Waals surface area contributed by atoms with E-state index in [9.17, 15) is 14.9 Å². The normalized spacial score (nSPS) is 10.9. The van der Waals surface area contributed by atoms with Crippen LogP contribution >= 0.6 is 34.5 Å². The van der Waals surface area contributed by atoms with Gasteiger partial charge in [-0.05, 0) is 54.3 Å². The molecule has 2 aromatic carbocycles. The largest absolute Gasteiger partial charge is 0.496 e. The summed E-state index contributed by atoms with van der Waals surface area (Å²) >= 11 is 13.4. The van der Waals surface area contributed by atoms with E-state index >= 15 is 0 Å². The van der Waals surface area contributed by atoms with Gasteiger partial charge in [0.2, 0.25) is 0 Å². The molecule has 3 aromatic rings. The van der Waals surface area contributed by atoms with E-state index in [4.69, 9.17) is 37.4 Å². The maximum Gasteiger partial charge on any atom is 0.341 e. The molecule has 0 unspecified atom stereocenters. The molecule has 0 aliphatic rings. The summed E-state index contributed by atoms with van der Waals surface area (Å²) in [7, 11) is 1.52. The Kier molecular flexibility index (Phi) is 9.15. The molecule has 0 saturated heterocycles. The number of hydrogen-bond acceptors (Lipinski definition) is 7. The molecule has 3 rings (SSSR count). The molecular formula is C25H20Cl2N2O5S. The van der Waals surface area contributed by atoms with Crippen molar-refractivity contribution in [2.24, 2.45) is 0 Å². The molecule has 7 nitrogen and oxygen atoms in total. The number of nitrogens with zero attached hydrogens (tertiary/aromatic N) is 1. The van der Waals surface area contributed by atoms with Gasteiger partial charge in [-0.25, -0.2) is 4.79 Å². The Morgan fingerprint density at radius 2 is 1.97 bits per heavy atom. The van der Waals surface area contributed by atoms with Gasteiger partial charge in [0, 0.05) is 5.56 Å². The highest BCUT2D eigenvalue weighted by Crippen LogP contribution is 2.33. The zero-order valence-corrected chi connectivity index (χ0v) is 21.1. The number of nitriles is 1. The molecule has 1 N–H and O–H groups in total. The summed E-state index contributed by atoms with van der Waals surface area (Å²) < 4.78 is 16.2. The molecule has 10 heteroatoms. The Morgan fingerprint density at radius 1 is 1.17 bits per heavy atom. The molecule has 0 bridgehead atoms. The minimum atomic E-state index is -0.653. The zero-order chi connectivity index (χ0) is 25.4. The fraction of sp³-hybridized carbons (Fsp3) is 0.160. The fourth-order valence-electron chi connectivity index (χ4n) is 3.01. The number of amides is 1.